The van der Waals surface area contributed by atoms with Crippen LogP contribution in [0.3, 0.4) is 0 Å². The Bertz CT molecular complexity index is 919. The van der Waals surface area contributed by atoms with E-state index < -0.39 is 5.60 Å². The molecule has 0 aliphatic carbocycles. The zero-order chi connectivity index (χ0) is 20.0. The Morgan fingerprint density at radius 3 is 2.59 bits per heavy atom. The van der Waals surface area contributed by atoms with Gasteiger partial charge >= 0.3 is 0 Å². The van der Waals surface area contributed by atoms with E-state index in [1.807, 2.05) is 56.3 Å². The molecule has 2 aromatic heterocycles. The molecule has 3 aromatic rings. The summed E-state index contributed by atoms with van der Waals surface area (Å²) >= 11 is 0. The number of nitrogens with one attached hydrogen (secondary N) is 2. The van der Waals surface area contributed by atoms with Crippen molar-refractivity contribution in [2.45, 2.75) is 32.9 Å². The Labute approximate surface area is 187 Å². The van der Waals surface area contributed by atoms with Crippen LogP contribution >= 0.6 is 24.0 Å². The monoisotopic (exact) mass is 510 g/mol. The molecule has 0 spiro atoms. The molecule has 0 bridgehead atoms. The molecule has 1 aromatic carbocycles. The summed E-state index contributed by atoms with van der Waals surface area (Å²) in [4.78, 5) is 4.52. The number of hydrogen-bond donors (Lipinski definition) is 3. The Morgan fingerprint density at radius 2 is 1.93 bits per heavy atom. The molecule has 0 aliphatic heterocycles. The fourth-order valence-electron chi connectivity index (χ4n) is 2.69. The highest BCUT2D eigenvalue weighted by atomic mass is 127. The number of aliphatic imine (C=N–C) groups is 1. The van der Waals surface area contributed by atoms with Gasteiger partial charge in [0.2, 0.25) is 0 Å². The zero-order valence-electron chi connectivity index (χ0n) is 16.8. The third-order valence-corrected chi connectivity index (χ3v) is 4.23. The van der Waals surface area contributed by atoms with Gasteiger partial charge in [0.25, 0.3) is 0 Å². The Morgan fingerprint density at radius 1 is 1.17 bits per heavy atom. The van der Waals surface area contributed by atoms with Gasteiger partial charge in [-0.15, -0.1) is 24.0 Å². The van der Waals surface area contributed by atoms with Crippen LogP contribution < -0.4 is 10.6 Å². The van der Waals surface area contributed by atoms with Gasteiger partial charge in [-0.1, -0.05) is 35.5 Å². The molecule has 0 amide bonds. The van der Waals surface area contributed by atoms with Crippen LogP contribution in [0.4, 0.5) is 0 Å². The second-order valence-corrected chi connectivity index (χ2v) is 6.78. The minimum Gasteiger partial charge on any atom is -0.463 e. The molecule has 29 heavy (non-hydrogen) atoms. The number of aryl methyl sites for hydroxylation is 1. The van der Waals surface area contributed by atoms with Gasteiger partial charge in [0.1, 0.15) is 22.8 Å². The van der Waals surface area contributed by atoms with Crippen LogP contribution in [0.1, 0.15) is 31.1 Å². The molecule has 8 heteroatoms. The van der Waals surface area contributed by atoms with Crippen LogP contribution in [0.15, 0.2) is 62.5 Å². The van der Waals surface area contributed by atoms with Crippen LogP contribution in [-0.2, 0) is 12.1 Å². The highest BCUT2D eigenvalue weighted by molar-refractivity contribution is 14.0. The predicted octanol–water partition coefficient (Wildman–Crippen LogP) is 3.82. The lowest BCUT2D eigenvalue weighted by atomic mass is 10.0. The molecule has 3 N–H and O–H groups in total. The topological polar surface area (TPSA) is 95.8 Å². The number of aromatic nitrogens is 1. The number of hydrogen-bond acceptors (Lipinski definition) is 5. The van der Waals surface area contributed by atoms with Crippen molar-refractivity contribution in [3.05, 3.63) is 65.7 Å². The average molecular weight is 510 g/mol. The fourth-order valence-corrected chi connectivity index (χ4v) is 2.69. The molecule has 3 rings (SSSR count). The molecule has 156 valence electrons. The summed E-state index contributed by atoms with van der Waals surface area (Å²) in [5.74, 6) is 2.56. The third-order valence-electron chi connectivity index (χ3n) is 4.23. The maximum Gasteiger partial charge on any atom is 0.191 e. The molecule has 0 fully saturated rings. The summed E-state index contributed by atoms with van der Waals surface area (Å²) in [6.07, 6.45) is 0. The van der Waals surface area contributed by atoms with Gasteiger partial charge in [0.15, 0.2) is 11.7 Å². The van der Waals surface area contributed by atoms with E-state index in [1.54, 1.807) is 13.0 Å². The Kier molecular flexibility index (Phi) is 8.27. The van der Waals surface area contributed by atoms with E-state index in [-0.39, 0.29) is 30.5 Å². The summed E-state index contributed by atoms with van der Waals surface area (Å²) in [6, 6.07) is 15.3. The first-order valence-electron chi connectivity index (χ1n) is 9.30. The molecular weight excluding hydrogens is 483 g/mol. The summed E-state index contributed by atoms with van der Waals surface area (Å²) in [5.41, 5.74) is 0.545. The van der Waals surface area contributed by atoms with E-state index >= 15 is 0 Å². The minimum atomic E-state index is -1.15. The molecule has 0 radical (unpaired) electrons. The molecule has 0 saturated heterocycles. The summed E-state index contributed by atoms with van der Waals surface area (Å²) in [5, 5.41) is 21.1. The number of guanidine groups is 1. The number of benzene rings is 1. The van der Waals surface area contributed by atoms with Crippen molar-refractivity contribution in [2.75, 3.05) is 13.1 Å². The second kappa shape index (κ2) is 10.4. The molecular formula is C21H27IN4O3. The predicted molar refractivity (Wildman–Crippen MR) is 123 cm³/mol. The first-order valence-corrected chi connectivity index (χ1v) is 9.30. The smallest absolute Gasteiger partial charge is 0.191 e. The van der Waals surface area contributed by atoms with Crippen LogP contribution in [-0.4, -0.2) is 29.3 Å². The summed E-state index contributed by atoms with van der Waals surface area (Å²) in [7, 11) is 0. The fraction of sp³-hybridized carbons (Fsp3) is 0.333. The lowest BCUT2D eigenvalue weighted by Crippen LogP contribution is -2.44. The molecule has 1 atom stereocenters. The van der Waals surface area contributed by atoms with Gasteiger partial charge < -0.3 is 24.7 Å². The van der Waals surface area contributed by atoms with Gasteiger partial charge in [-0.25, -0.2) is 4.99 Å². The summed E-state index contributed by atoms with van der Waals surface area (Å²) < 4.78 is 10.9. The maximum absolute atomic E-state index is 10.7. The van der Waals surface area contributed by atoms with E-state index in [0.29, 0.717) is 30.6 Å². The lowest BCUT2D eigenvalue weighted by Gasteiger charge is -2.22. The SMILES string of the molecule is CCNC(=NCc1cc(-c2ccccc2)on1)NCC(C)(O)c1ccc(C)o1.I. The second-order valence-electron chi connectivity index (χ2n) is 6.78. The first kappa shape index (κ1) is 23.0. The molecule has 0 saturated carbocycles. The maximum atomic E-state index is 10.7. The molecule has 0 aliphatic rings. The number of aliphatic hydroxyl groups is 1. The van der Waals surface area contributed by atoms with Gasteiger partial charge in [0, 0.05) is 18.2 Å². The van der Waals surface area contributed by atoms with Gasteiger partial charge in [-0.2, -0.15) is 0 Å². The van der Waals surface area contributed by atoms with E-state index in [9.17, 15) is 5.11 Å². The first-order chi connectivity index (χ1) is 13.5. The van der Waals surface area contributed by atoms with Gasteiger partial charge in [-0.05, 0) is 32.9 Å². The molecule has 2 heterocycles. The van der Waals surface area contributed by atoms with Crippen molar-refractivity contribution in [1.29, 1.82) is 0 Å². The average Bonchev–Trinajstić information content (AvgIpc) is 3.34. The zero-order valence-corrected chi connectivity index (χ0v) is 19.1. The van der Waals surface area contributed by atoms with E-state index in [0.717, 1.165) is 17.0 Å². The van der Waals surface area contributed by atoms with Crippen LogP contribution in [0.25, 0.3) is 11.3 Å². The standard InChI is InChI=1S/C21H26N4O3.HI/c1-4-22-20(24-14-21(3,26)19-11-10-15(2)27-19)23-13-17-12-18(28-25-17)16-8-6-5-7-9-16;/h5-12,26H,4,13-14H2,1-3H3,(H2,22,23,24);1H. The van der Waals surface area contributed by atoms with Crippen molar-refractivity contribution in [1.82, 2.24) is 15.8 Å². The van der Waals surface area contributed by atoms with Crippen molar-refractivity contribution < 1.29 is 14.0 Å². The highest BCUT2D eigenvalue weighted by Gasteiger charge is 2.27. The molecule has 1 unspecified atom stereocenters. The number of furan rings is 1. The Balaban J connectivity index is 0.00000300. The quantitative estimate of drug-likeness (QED) is 0.254. The van der Waals surface area contributed by atoms with Crippen molar-refractivity contribution in [3.63, 3.8) is 0 Å². The number of nitrogens with zero attached hydrogens (tertiary/aromatic N) is 2. The van der Waals surface area contributed by atoms with Gasteiger partial charge in [0.05, 0.1) is 13.1 Å². The lowest BCUT2D eigenvalue weighted by molar-refractivity contribution is 0.0378. The minimum absolute atomic E-state index is 0. The summed E-state index contributed by atoms with van der Waals surface area (Å²) in [6.45, 7) is 6.83. The van der Waals surface area contributed by atoms with Gasteiger partial charge in [-0.3, -0.25) is 0 Å². The van der Waals surface area contributed by atoms with Crippen LogP contribution in [0, 0.1) is 6.92 Å². The van der Waals surface area contributed by atoms with E-state index in [1.165, 1.54) is 0 Å². The van der Waals surface area contributed by atoms with Crippen LogP contribution in [0.5, 0.6) is 0 Å². The number of halogens is 1. The van der Waals surface area contributed by atoms with Crippen molar-refractivity contribution >= 4 is 29.9 Å². The third kappa shape index (κ3) is 6.33. The van der Waals surface area contributed by atoms with Crippen molar-refractivity contribution in [3.8, 4) is 11.3 Å². The number of rotatable bonds is 7. The Hall–Kier alpha value is -2.33. The van der Waals surface area contributed by atoms with E-state index in [4.69, 9.17) is 8.94 Å². The van der Waals surface area contributed by atoms with Crippen LogP contribution in [0.2, 0.25) is 0 Å². The molecule has 7 nitrogen and oxygen atoms in total. The van der Waals surface area contributed by atoms with E-state index in [2.05, 4.69) is 20.8 Å². The normalized spacial score (nSPS) is 13.4. The van der Waals surface area contributed by atoms with Crippen molar-refractivity contribution in [2.24, 2.45) is 4.99 Å². The highest BCUT2D eigenvalue weighted by Crippen LogP contribution is 2.22. The largest absolute Gasteiger partial charge is 0.463 e.